The van der Waals surface area contributed by atoms with Gasteiger partial charge in [-0.2, -0.15) is 13.2 Å². The lowest BCUT2D eigenvalue weighted by Crippen LogP contribution is -2.39. The molecule has 1 aromatic carbocycles. The van der Waals surface area contributed by atoms with Gasteiger partial charge in [-0.05, 0) is 30.7 Å². The van der Waals surface area contributed by atoms with Gasteiger partial charge in [-0.1, -0.05) is 12.1 Å². The normalized spacial score (nSPS) is 12.0. The molecule has 0 fully saturated rings. The van der Waals surface area contributed by atoms with Crippen molar-refractivity contribution in [1.29, 1.82) is 0 Å². The molecule has 2 rings (SSSR count). The molecule has 0 spiro atoms. The SMILES string of the molecule is CCNC(=NCc1cccc(F)c1)NCCNc1nccc(C(F)(F)F)n1. The average Bonchev–Trinajstić information content (AvgIpc) is 2.63. The van der Waals surface area contributed by atoms with E-state index < -0.39 is 11.9 Å². The number of nitrogens with one attached hydrogen (secondary N) is 3. The number of anilines is 1. The van der Waals surface area contributed by atoms with Gasteiger partial charge in [0.15, 0.2) is 5.96 Å². The van der Waals surface area contributed by atoms with E-state index in [0.717, 1.165) is 17.8 Å². The molecular weight excluding hydrogens is 364 g/mol. The standard InChI is InChI=1S/C17H20F4N6/c1-2-22-15(26-11-12-4-3-5-13(18)10-12)24-8-9-25-16-23-7-6-14(27-16)17(19,20)21/h3-7,10H,2,8-9,11H2,1H3,(H2,22,24,26)(H,23,25,27). The number of hydrogen-bond donors (Lipinski definition) is 3. The number of halogens is 4. The maximum absolute atomic E-state index is 13.2. The van der Waals surface area contributed by atoms with Crippen LogP contribution in [0.15, 0.2) is 41.5 Å². The number of alkyl halides is 3. The van der Waals surface area contributed by atoms with Crippen LogP contribution in [0.25, 0.3) is 0 Å². The van der Waals surface area contributed by atoms with E-state index in [1.807, 2.05) is 6.92 Å². The average molecular weight is 384 g/mol. The van der Waals surface area contributed by atoms with Crippen LogP contribution >= 0.6 is 0 Å². The van der Waals surface area contributed by atoms with Crippen LogP contribution in [0.2, 0.25) is 0 Å². The smallest absolute Gasteiger partial charge is 0.357 e. The molecule has 1 aromatic heterocycles. The van der Waals surface area contributed by atoms with Crippen molar-refractivity contribution in [1.82, 2.24) is 20.6 Å². The first-order valence-corrected chi connectivity index (χ1v) is 8.29. The summed E-state index contributed by atoms with van der Waals surface area (Å²) in [5.74, 6) is 0.0767. The fourth-order valence-electron chi connectivity index (χ4n) is 2.10. The first kappa shape index (κ1) is 20.4. The van der Waals surface area contributed by atoms with E-state index in [0.29, 0.717) is 19.0 Å². The van der Waals surface area contributed by atoms with Crippen molar-refractivity contribution < 1.29 is 17.6 Å². The van der Waals surface area contributed by atoms with Crippen molar-refractivity contribution in [2.24, 2.45) is 4.99 Å². The Hall–Kier alpha value is -2.91. The fourth-order valence-corrected chi connectivity index (χ4v) is 2.10. The Bertz CT molecular complexity index is 763. The van der Waals surface area contributed by atoms with E-state index in [2.05, 4.69) is 30.9 Å². The van der Waals surface area contributed by atoms with E-state index in [9.17, 15) is 17.6 Å². The fraction of sp³-hybridized carbons (Fsp3) is 0.353. The van der Waals surface area contributed by atoms with Gasteiger partial charge in [0.1, 0.15) is 11.5 Å². The molecule has 6 nitrogen and oxygen atoms in total. The lowest BCUT2D eigenvalue weighted by Gasteiger charge is -2.12. The van der Waals surface area contributed by atoms with Gasteiger partial charge in [0.05, 0.1) is 6.54 Å². The zero-order chi connectivity index (χ0) is 19.7. The summed E-state index contributed by atoms with van der Waals surface area (Å²) in [6.45, 7) is 3.46. The predicted molar refractivity (Wildman–Crippen MR) is 94.7 cm³/mol. The summed E-state index contributed by atoms with van der Waals surface area (Å²) in [7, 11) is 0. The number of aromatic nitrogens is 2. The third-order valence-corrected chi connectivity index (χ3v) is 3.30. The Morgan fingerprint density at radius 2 is 1.96 bits per heavy atom. The van der Waals surface area contributed by atoms with E-state index in [-0.39, 0.29) is 24.9 Å². The molecule has 0 atom stereocenters. The molecule has 3 N–H and O–H groups in total. The van der Waals surface area contributed by atoms with Crippen molar-refractivity contribution in [3.05, 3.63) is 53.6 Å². The molecule has 10 heteroatoms. The maximum Gasteiger partial charge on any atom is 0.433 e. The number of hydrogen-bond acceptors (Lipinski definition) is 4. The quantitative estimate of drug-likeness (QED) is 0.296. The zero-order valence-electron chi connectivity index (χ0n) is 14.6. The summed E-state index contributed by atoms with van der Waals surface area (Å²) in [5, 5.41) is 8.78. The number of nitrogens with zero attached hydrogens (tertiary/aromatic N) is 3. The second-order valence-corrected chi connectivity index (χ2v) is 5.44. The monoisotopic (exact) mass is 384 g/mol. The highest BCUT2D eigenvalue weighted by Crippen LogP contribution is 2.27. The molecule has 146 valence electrons. The van der Waals surface area contributed by atoms with Crippen LogP contribution in [0.5, 0.6) is 0 Å². The number of rotatable bonds is 7. The minimum absolute atomic E-state index is 0.103. The van der Waals surface area contributed by atoms with Gasteiger partial charge in [-0.15, -0.1) is 0 Å². The molecular formula is C17H20F4N6. The Balaban J connectivity index is 1.85. The van der Waals surface area contributed by atoms with E-state index in [1.165, 1.54) is 12.1 Å². The van der Waals surface area contributed by atoms with Crippen LogP contribution in [-0.2, 0) is 12.7 Å². The summed E-state index contributed by atoms with van der Waals surface area (Å²) >= 11 is 0. The van der Waals surface area contributed by atoms with Gasteiger partial charge in [0.2, 0.25) is 5.95 Å². The van der Waals surface area contributed by atoms with Crippen molar-refractivity contribution >= 4 is 11.9 Å². The van der Waals surface area contributed by atoms with Crippen LogP contribution < -0.4 is 16.0 Å². The molecule has 0 saturated carbocycles. The summed E-state index contributed by atoms with van der Waals surface area (Å²) in [5.41, 5.74) is -0.277. The Morgan fingerprint density at radius 3 is 2.67 bits per heavy atom. The zero-order valence-corrected chi connectivity index (χ0v) is 14.6. The maximum atomic E-state index is 13.2. The van der Waals surface area contributed by atoms with Gasteiger partial charge < -0.3 is 16.0 Å². The van der Waals surface area contributed by atoms with Crippen LogP contribution in [0, 0.1) is 5.82 Å². The van der Waals surface area contributed by atoms with Crippen molar-refractivity contribution in [2.75, 3.05) is 25.0 Å². The molecule has 0 saturated heterocycles. The summed E-state index contributed by atoms with van der Waals surface area (Å²) in [6, 6.07) is 6.95. The van der Waals surface area contributed by atoms with E-state index in [4.69, 9.17) is 0 Å². The number of benzene rings is 1. The predicted octanol–water partition coefficient (Wildman–Crippen LogP) is 2.80. The highest BCUT2D eigenvalue weighted by atomic mass is 19.4. The van der Waals surface area contributed by atoms with Gasteiger partial charge in [-0.25, -0.2) is 19.4 Å². The molecule has 0 aliphatic rings. The first-order valence-electron chi connectivity index (χ1n) is 8.29. The van der Waals surface area contributed by atoms with Gasteiger partial charge in [-0.3, -0.25) is 0 Å². The minimum atomic E-state index is -4.51. The minimum Gasteiger partial charge on any atom is -0.357 e. The molecule has 1 heterocycles. The second kappa shape index (κ2) is 9.70. The number of guanidine groups is 1. The third kappa shape index (κ3) is 7.08. The molecule has 2 aromatic rings. The Morgan fingerprint density at radius 1 is 1.15 bits per heavy atom. The van der Waals surface area contributed by atoms with Crippen molar-refractivity contribution in [3.63, 3.8) is 0 Å². The molecule has 0 aliphatic carbocycles. The van der Waals surface area contributed by atoms with Gasteiger partial charge in [0.25, 0.3) is 0 Å². The highest BCUT2D eigenvalue weighted by Gasteiger charge is 2.32. The highest BCUT2D eigenvalue weighted by molar-refractivity contribution is 5.79. The van der Waals surface area contributed by atoms with E-state index >= 15 is 0 Å². The topological polar surface area (TPSA) is 74.2 Å². The largest absolute Gasteiger partial charge is 0.433 e. The molecule has 0 unspecified atom stereocenters. The summed E-state index contributed by atoms with van der Waals surface area (Å²) in [4.78, 5) is 11.5. The molecule has 0 amide bonds. The lowest BCUT2D eigenvalue weighted by molar-refractivity contribution is -0.141. The molecule has 27 heavy (non-hydrogen) atoms. The molecule has 0 aliphatic heterocycles. The van der Waals surface area contributed by atoms with E-state index in [1.54, 1.807) is 12.1 Å². The Kier molecular flexibility index (Phi) is 7.33. The van der Waals surface area contributed by atoms with Gasteiger partial charge >= 0.3 is 6.18 Å². The van der Waals surface area contributed by atoms with Crippen LogP contribution in [0.4, 0.5) is 23.5 Å². The summed E-state index contributed by atoms with van der Waals surface area (Å²) < 4.78 is 51.0. The van der Waals surface area contributed by atoms with Crippen LogP contribution in [0.3, 0.4) is 0 Å². The van der Waals surface area contributed by atoms with Crippen molar-refractivity contribution in [3.8, 4) is 0 Å². The van der Waals surface area contributed by atoms with Crippen LogP contribution in [0.1, 0.15) is 18.2 Å². The van der Waals surface area contributed by atoms with Crippen LogP contribution in [-0.4, -0.2) is 35.6 Å². The molecule has 0 radical (unpaired) electrons. The molecule has 0 bridgehead atoms. The third-order valence-electron chi connectivity index (χ3n) is 3.30. The lowest BCUT2D eigenvalue weighted by atomic mass is 10.2. The van der Waals surface area contributed by atoms with Gasteiger partial charge in [0, 0.05) is 25.8 Å². The summed E-state index contributed by atoms with van der Waals surface area (Å²) in [6.07, 6.45) is -3.46. The first-order chi connectivity index (χ1) is 12.9. The van der Waals surface area contributed by atoms with Crippen molar-refractivity contribution in [2.45, 2.75) is 19.6 Å². The Labute approximate surface area is 154 Å². The second-order valence-electron chi connectivity index (χ2n) is 5.44. The number of aliphatic imine (C=N–C) groups is 1.